The molecule has 1 aromatic rings. The van der Waals surface area contributed by atoms with Crippen LogP contribution in [0, 0.1) is 0 Å². The van der Waals surface area contributed by atoms with Gasteiger partial charge < -0.3 is 10.2 Å². The van der Waals surface area contributed by atoms with Crippen molar-refractivity contribution in [3.8, 4) is 0 Å². The van der Waals surface area contributed by atoms with Gasteiger partial charge in [0.25, 0.3) is 0 Å². The summed E-state index contributed by atoms with van der Waals surface area (Å²) < 4.78 is 0. The molecule has 0 aliphatic carbocycles. The maximum absolute atomic E-state index is 12.2. The largest absolute Gasteiger partial charge is 0.326 e. The van der Waals surface area contributed by atoms with Crippen LogP contribution in [0.2, 0.25) is 0 Å². The minimum Gasteiger partial charge on any atom is -0.326 e. The molecule has 1 aromatic carbocycles. The van der Waals surface area contributed by atoms with Gasteiger partial charge in [-0.3, -0.25) is 4.79 Å². The summed E-state index contributed by atoms with van der Waals surface area (Å²) in [6.07, 6.45) is 4.46. The second-order valence-electron chi connectivity index (χ2n) is 7.00. The van der Waals surface area contributed by atoms with Crippen LogP contribution >= 0.6 is 0 Å². The number of nitrogens with one attached hydrogen (secondary N) is 1. The monoisotopic (exact) mass is 288 g/mol. The highest BCUT2D eigenvalue weighted by Crippen LogP contribution is 2.29. The number of hydrogen-bond donors (Lipinski definition) is 1. The fourth-order valence-corrected chi connectivity index (χ4v) is 2.90. The van der Waals surface area contributed by atoms with E-state index in [-0.39, 0.29) is 11.3 Å². The number of carbonyl (C=O) groups is 1. The third kappa shape index (κ3) is 4.85. The van der Waals surface area contributed by atoms with Crippen molar-refractivity contribution in [2.45, 2.75) is 51.9 Å². The van der Waals surface area contributed by atoms with Crippen LogP contribution in [-0.2, 0) is 10.2 Å². The van der Waals surface area contributed by atoms with Gasteiger partial charge in [0.15, 0.2) is 0 Å². The Morgan fingerprint density at radius 1 is 1.14 bits per heavy atom. The lowest BCUT2D eigenvalue weighted by Crippen LogP contribution is -2.32. The number of likely N-dealkylation sites (tertiary alicyclic amines) is 1. The van der Waals surface area contributed by atoms with Crippen LogP contribution in [0.3, 0.4) is 0 Å². The van der Waals surface area contributed by atoms with E-state index in [1.54, 1.807) is 0 Å². The third-order valence-electron chi connectivity index (χ3n) is 4.11. The number of nitrogens with zero attached hydrogens (tertiary/aromatic N) is 1. The van der Waals surface area contributed by atoms with Crippen LogP contribution in [0.25, 0.3) is 0 Å². The van der Waals surface area contributed by atoms with Crippen molar-refractivity contribution in [2.24, 2.45) is 0 Å². The summed E-state index contributed by atoms with van der Waals surface area (Å²) in [7, 11) is 0. The van der Waals surface area contributed by atoms with Crippen molar-refractivity contribution in [1.29, 1.82) is 0 Å². The predicted molar refractivity (Wildman–Crippen MR) is 88.7 cm³/mol. The lowest BCUT2D eigenvalue weighted by molar-refractivity contribution is -0.116. The molecule has 1 N–H and O–H groups in total. The molecule has 3 nitrogen and oxygen atoms in total. The van der Waals surface area contributed by atoms with Gasteiger partial charge in [0, 0.05) is 18.7 Å². The van der Waals surface area contributed by atoms with E-state index in [0.29, 0.717) is 6.42 Å². The molecule has 2 rings (SSSR count). The maximum Gasteiger partial charge on any atom is 0.225 e. The number of rotatable bonds is 4. The van der Waals surface area contributed by atoms with Crippen molar-refractivity contribution in [3.63, 3.8) is 0 Å². The molecule has 21 heavy (non-hydrogen) atoms. The first-order valence-corrected chi connectivity index (χ1v) is 8.08. The van der Waals surface area contributed by atoms with Gasteiger partial charge in [-0.1, -0.05) is 45.4 Å². The molecule has 0 aromatic heterocycles. The smallest absolute Gasteiger partial charge is 0.225 e. The van der Waals surface area contributed by atoms with Crippen molar-refractivity contribution in [3.05, 3.63) is 29.8 Å². The molecule has 1 saturated heterocycles. The van der Waals surface area contributed by atoms with E-state index >= 15 is 0 Å². The lowest BCUT2D eigenvalue weighted by atomic mass is 9.86. The molecule has 1 heterocycles. The van der Waals surface area contributed by atoms with E-state index in [2.05, 4.69) is 37.1 Å². The summed E-state index contributed by atoms with van der Waals surface area (Å²) >= 11 is 0. The number of hydrogen-bond acceptors (Lipinski definition) is 2. The highest BCUT2D eigenvalue weighted by molar-refractivity contribution is 5.91. The van der Waals surface area contributed by atoms with Crippen LogP contribution in [0.5, 0.6) is 0 Å². The molecule has 0 bridgehead atoms. The second-order valence-corrected chi connectivity index (χ2v) is 7.00. The molecular weight excluding hydrogens is 260 g/mol. The van der Waals surface area contributed by atoms with Crippen LogP contribution in [-0.4, -0.2) is 30.4 Å². The van der Waals surface area contributed by atoms with Crippen LogP contribution in [0.1, 0.15) is 52.0 Å². The molecule has 1 aliphatic rings. The summed E-state index contributed by atoms with van der Waals surface area (Å²) in [6.45, 7) is 9.68. The van der Waals surface area contributed by atoms with Crippen molar-refractivity contribution < 1.29 is 4.79 Å². The zero-order valence-corrected chi connectivity index (χ0v) is 13.6. The summed E-state index contributed by atoms with van der Waals surface area (Å²) in [4.78, 5) is 14.6. The highest BCUT2D eigenvalue weighted by atomic mass is 16.1. The van der Waals surface area contributed by atoms with E-state index in [1.807, 2.05) is 18.2 Å². The number of piperidine rings is 1. The van der Waals surface area contributed by atoms with Gasteiger partial charge in [-0.05, 0) is 43.0 Å². The van der Waals surface area contributed by atoms with Crippen molar-refractivity contribution >= 4 is 11.6 Å². The quantitative estimate of drug-likeness (QED) is 0.914. The molecule has 0 atom stereocenters. The van der Waals surface area contributed by atoms with E-state index in [4.69, 9.17) is 0 Å². The van der Waals surface area contributed by atoms with Crippen molar-refractivity contribution in [1.82, 2.24) is 4.90 Å². The topological polar surface area (TPSA) is 32.3 Å². The average Bonchev–Trinajstić information content (AvgIpc) is 2.46. The fourth-order valence-electron chi connectivity index (χ4n) is 2.90. The maximum atomic E-state index is 12.2. The van der Waals surface area contributed by atoms with Gasteiger partial charge in [0.1, 0.15) is 0 Å². The molecule has 0 saturated carbocycles. The minimum absolute atomic E-state index is 0.0384. The van der Waals surface area contributed by atoms with Gasteiger partial charge in [-0.2, -0.15) is 0 Å². The predicted octanol–water partition coefficient (Wildman–Crippen LogP) is 3.80. The number of amides is 1. The number of carbonyl (C=O) groups excluding carboxylic acids is 1. The van der Waals surface area contributed by atoms with Crippen molar-refractivity contribution in [2.75, 3.05) is 25.0 Å². The molecule has 116 valence electrons. The summed E-state index contributed by atoms with van der Waals surface area (Å²) in [5, 5.41) is 3.09. The Bertz CT molecular complexity index is 470. The SMILES string of the molecule is CC(C)(C)c1ccccc1NC(=O)CCN1CCCCC1. The Hall–Kier alpha value is -1.35. The van der Waals surface area contributed by atoms with Gasteiger partial charge in [-0.15, -0.1) is 0 Å². The fraction of sp³-hybridized carbons (Fsp3) is 0.611. The van der Waals surface area contributed by atoms with Gasteiger partial charge >= 0.3 is 0 Å². The standard InChI is InChI=1S/C18H28N2O/c1-18(2,3)15-9-5-6-10-16(15)19-17(21)11-14-20-12-7-4-8-13-20/h5-6,9-10H,4,7-8,11-14H2,1-3H3,(H,19,21). The minimum atomic E-state index is 0.0384. The second kappa shape index (κ2) is 7.08. The summed E-state index contributed by atoms with van der Waals surface area (Å²) in [5.74, 6) is 0.122. The molecule has 0 radical (unpaired) electrons. The average molecular weight is 288 g/mol. The Morgan fingerprint density at radius 2 is 1.81 bits per heavy atom. The Morgan fingerprint density at radius 3 is 2.48 bits per heavy atom. The Kier molecular flexibility index (Phi) is 5.40. The molecular formula is C18H28N2O. The zero-order chi connectivity index (χ0) is 15.3. The Balaban J connectivity index is 1.90. The molecule has 1 amide bonds. The van der Waals surface area contributed by atoms with Gasteiger partial charge in [-0.25, -0.2) is 0 Å². The Labute approximate surface area is 128 Å². The van der Waals surface area contributed by atoms with Crippen LogP contribution < -0.4 is 5.32 Å². The number of benzene rings is 1. The first-order valence-electron chi connectivity index (χ1n) is 8.08. The number of para-hydroxylation sites is 1. The summed E-state index contributed by atoms with van der Waals surface area (Å²) in [5.41, 5.74) is 2.18. The molecule has 0 spiro atoms. The van der Waals surface area contributed by atoms with E-state index < -0.39 is 0 Å². The molecule has 3 heteroatoms. The first kappa shape index (κ1) is 16.0. The molecule has 1 fully saturated rings. The van der Waals surface area contributed by atoms with Gasteiger partial charge in [0.2, 0.25) is 5.91 Å². The van der Waals surface area contributed by atoms with Crippen LogP contribution in [0.15, 0.2) is 24.3 Å². The molecule has 1 aliphatic heterocycles. The summed E-state index contributed by atoms with van der Waals surface area (Å²) in [6, 6.07) is 8.11. The van der Waals surface area contributed by atoms with E-state index in [1.165, 1.54) is 24.8 Å². The molecule has 0 unspecified atom stereocenters. The highest BCUT2D eigenvalue weighted by Gasteiger charge is 2.19. The van der Waals surface area contributed by atoms with Crippen LogP contribution in [0.4, 0.5) is 5.69 Å². The van der Waals surface area contributed by atoms with E-state index in [9.17, 15) is 4.79 Å². The third-order valence-corrected chi connectivity index (χ3v) is 4.11. The first-order chi connectivity index (χ1) is 9.97. The van der Waals surface area contributed by atoms with Gasteiger partial charge in [0.05, 0.1) is 0 Å². The lowest BCUT2D eigenvalue weighted by Gasteiger charge is -2.26. The van der Waals surface area contributed by atoms with E-state index in [0.717, 1.165) is 25.3 Å². The zero-order valence-electron chi connectivity index (χ0n) is 13.6. The normalized spacial score (nSPS) is 16.7. The number of anilines is 1.